The normalized spacial score (nSPS) is 13.1. The number of ether oxygens (including phenoxy) is 1. The zero-order valence-corrected chi connectivity index (χ0v) is 23.3. The first-order chi connectivity index (χ1) is 19.8. The van der Waals surface area contributed by atoms with Crippen LogP contribution >= 0.6 is 12.4 Å². The van der Waals surface area contributed by atoms with E-state index in [2.05, 4.69) is 15.6 Å². The van der Waals surface area contributed by atoms with E-state index < -0.39 is 17.1 Å². The van der Waals surface area contributed by atoms with Crippen LogP contribution in [0.4, 0.5) is 15.8 Å². The van der Waals surface area contributed by atoms with Crippen LogP contribution in [-0.4, -0.2) is 21.4 Å². The van der Waals surface area contributed by atoms with Gasteiger partial charge in [0.05, 0.1) is 5.52 Å². The van der Waals surface area contributed by atoms with Crippen LogP contribution in [0.1, 0.15) is 12.8 Å². The second kappa shape index (κ2) is 11.5. The predicted molar refractivity (Wildman–Crippen MR) is 162 cm³/mol. The number of hydrogen-bond acceptors (Lipinski definition) is 5. The molecule has 0 saturated heterocycles. The molecular formula is C32H26ClFN4O4. The fourth-order valence-electron chi connectivity index (χ4n) is 4.61. The number of aryl methyl sites for hydroxylation is 1. The van der Waals surface area contributed by atoms with Gasteiger partial charge >= 0.3 is 0 Å². The molecule has 2 N–H and O–H groups in total. The average Bonchev–Trinajstić information content (AvgIpc) is 3.79. The molecular weight excluding hydrogens is 559 g/mol. The van der Waals surface area contributed by atoms with Crippen LogP contribution < -0.4 is 20.9 Å². The van der Waals surface area contributed by atoms with Gasteiger partial charge in [0.25, 0.3) is 0 Å². The molecule has 0 aliphatic heterocycles. The third-order valence-corrected chi connectivity index (χ3v) is 7.18. The maximum atomic E-state index is 13.2. The number of anilines is 2. The summed E-state index contributed by atoms with van der Waals surface area (Å²) in [6, 6.07) is 23.2. The molecule has 10 heteroatoms. The molecule has 8 nitrogen and oxygen atoms in total. The van der Waals surface area contributed by atoms with Gasteiger partial charge < -0.3 is 19.9 Å². The monoisotopic (exact) mass is 584 g/mol. The van der Waals surface area contributed by atoms with Gasteiger partial charge in [-0.2, -0.15) is 0 Å². The van der Waals surface area contributed by atoms with Crippen molar-refractivity contribution in [3.8, 4) is 22.6 Å². The third kappa shape index (κ3) is 5.73. The van der Waals surface area contributed by atoms with Crippen LogP contribution in [0, 0.1) is 11.2 Å². The van der Waals surface area contributed by atoms with Crippen molar-refractivity contribution < 1.29 is 18.7 Å². The van der Waals surface area contributed by atoms with Crippen LogP contribution in [-0.2, 0) is 16.6 Å². The van der Waals surface area contributed by atoms with Gasteiger partial charge in [0.1, 0.15) is 22.7 Å². The van der Waals surface area contributed by atoms with Crippen LogP contribution in [0.3, 0.4) is 0 Å². The van der Waals surface area contributed by atoms with Crippen molar-refractivity contribution in [3.05, 3.63) is 113 Å². The van der Waals surface area contributed by atoms with E-state index in [-0.39, 0.29) is 23.9 Å². The highest BCUT2D eigenvalue weighted by Gasteiger charge is 2.56. The molecule has 2 amide bonds. The fourth-order valence-corrected chi connectivity index (χ4v) is 4.61. The second-order valence-electron chi connectivity index (χ2n) is 10.0. The number of carbonyl (C=O) groups excluding carboxylic acids is 2. The maximum absolute atomic E-state index is 13.2. The standard InChI is InChI=1S/C32H25FN4O4.ClH/c1-37-19-21(3-13-29(37)38)20-2-12-26-27(18-20)34-17-14-28(26)41-25-10-8-24(9-11-25)36-31(40)32(15-16-32)30(39)35-23-6-4-22(33)5-7-23;/h2-14,17-19H,15-16H2,1H3,(H,35,39)(H,36,40);1H. The van der Waals surface area contributed by atoms with Gasteiger partial charge in [-0.1, -0.05) is 6.07 Å². The highest BCUT2D eigenvalue weighted by molar-refractivity contribution is 6.16. The zero-order valence-electron chi connectivity index (χ0n) is 22.5. The van der Waals surface area contributed by atoms with Crippen molar-refractivity contribution in [2.45, 2.75) is 12.8 Å². The summed E-state index contributed by atoms with van der Waals surface area (Å²) >= 11 is 0. The predicted octanol–water partition coefficient (Wildman–Crippen LogP) is 6.31. The summed E-state index contributed by atoms with van der Waals surface area (Å²) in [4.78, 5) is 42.0. The van der Waals surface area contributed by atoms with Crippen LogP contribution in [0.2, 0.25) is 0 Å². The lowest BCUT2D eigenvalue weighted by Gasteiger charge is -2.16. The Morgan fingerprint density at radius 2 is 1.48 bits per heavy atom. The van der Waals surface area contributed by atoms with Gasteiger partial charge in [0.15, 0.2) is 0 Å². The SMILES string of the molecule is Cl.Cn1cc(-c2ccc3c(Oc4ccc(NC(=O)C5(C(=O)Nc6ccc(F)cc6)CC5)cc4)ccnc3c2)ccc1=O. The molecule has 1 aliphatic carbocycles. The number of amides is 2. The first-order valence-electron chi connectivity index (χ1n) is 13.0. The Kier molecular flexibility index (Phi) is 7.78. The lowest BCUT2D eigenvalue weighted by atomic mass is 10.0. The maximum Gasteiger partial charge on any atom is 0.250 e. The number of aromatic nitrogens is 2. The highest BCUT2D eigenvalue weighted by atomic mass is 35.5. The lowest BCUT2D eigenvalue weighted by Crippen LogP contribution is -2.35. The van der Waals surface area contributed by atoms with Crippen molar-refractivity contribution in [2.24, 2.45) is 12.5 Å². The van der Waals surface area contributed by atoms with Crippen molar-refractivity contribution in [1.29, 1.82) is 0 Å². The number of hydrogen-bond donors (Lipinski definition) is 2. The molecule has 3 aromatic carbocycles. The van der Waals surface area contributed by atoms with Gasteiger partial charge in [-0.3, -0.25) is 19.4 Å². The van der Waals surface area contributed by atoms with E-state index in [1.54, 1.807) is 55.8 Å². The smallest absolute Gasteiger partial charge is 0.250 e. The molecule has 0 unspecified atom stereocenters. The second-order valence-corrected chi connectivity index (χ2v) is 10.0. The van der Waals surface area contributed by atoms with Crippen molar-refractivity contribution in [3.63, 3.8) is 0 Å². The molecule has 5 aromatic rings. The van der Waals surface area contributed by atoms with Gasteiger partial charge in [-0.15, -0.1) is 12.4 Å². The quantitative estimate of drug-likeness (QED) is 0.218. The number of halogens is 2. The van der Waals surface area contributed by atoms with E-state index in [4.69, 9.17) is 4.74 Å². The van der Waals surface area contributed by atoms with Crippen molar-refractivity contribution >= 4 is 46.5 Å². The molecule has 2 aromatic heterocycles. The lowest BCUT2D eigenvalue weighted by molar-refractivity contribution is -0.131. The molecule has 0 atom stereocenters. The minimum absolute atomic E-state index is 0. The van der Waals surface area contributed by atoms with Gasteiger partial charge in [-0.05, 0) is 96.8 Å². The largest absolute Gasteiger partial charge is 0.457 e. The van der Waals surface area contributed by atoms with Crippen LogP contribution in [0.25, 0.3) is 22.0 Å². The Hall–Kier alpha value is -5.02. The Morgan fingerprint density at radius 3 is 2.10 bits per heavy atom. The number of nitrogens with zero attached hydrogens (tertiary/aromatic N) is 2. The summed E-state index contributed by atoms with van der Waals surface area (Å²) in [5.74, 6) is -0.0228. The third-order valence-electron chi connectivity index (χ3n) is 7.18. The van der Waals surface area contributed by atoms with Crippen LogP contribution in [0.15, 0.2) is 102 Å². The molecule has 0 radical (unpaired) electrons. The Morgan fingerprint density at radius 1 is 0.857 bits per heavy atom. The Labute approximate surface area is 246 Å². The van der Waals surface area contributed by atoms with Gasteiger partial charge in [0.2, 0.25) is 17.4 Å². The highest BCUT2D eigenvalue weighted by Crippen LogP contribution is 2.47. The Balaban J connectivity index is 0.00000353. The summed E-state index contributed by atoms with van der Waals surface area (Å²) in [6.45, 7) is 0. The number of fused-ring (bicyclic) bond motifs is 1. The summed E-state index contributed by atoms with van der Waals surface area (Å²) in [6.07, 6.45) is 4.33. The minimum Gasteiger partial charge on any atom is -0.457 e. The summed E-state index contributed by atoms with van der Waals surface area (Å²) in [5.41, 5.74) is 2.32. The number of nitrogens with one attached hydrogen (secondary N) is 2. The topological polar surface area (TPSA) is 102 Å². The van der Waals surface area contributed by atoms with Crippen molar-refractivity contribution in [2.75, 3.05) is 10.6 Å². The van der Waals surface area contributed by atoms with Crippen LogP contribution in [0.5, 0.6) is 11.5 Å². The molecule has 6 rings (SSSR count). The molecule has 0 spiro atoms. The average molecular weight is 585 g/mol. The molecule has 212 valence electrons. The van der Waals surface area contributed by atoms with E-state index in [0.29, 0.717) is 35.7 Å². The molecule has 2 heterocycles. The van der Waals surface area contributed by atoms with Crippen molar-refractivity contribution in [1.82, 2.24) is 9.55 Å². The van der Waals surface area contributed by atoms with E-state index >= 15 is 0 Å². The molecule has 1 saturated carbocycles. The van der Waals surface area contributed by atoms with E-state index in [9.17, 15) is 18.8 Å². The molecule has 42 heavy (non-hydrogen) atoms. The molecule has 1 aliphatic rings. The fraction of sp³-hybridized carbons (Fsp3) is 0.125. The zero-order chi connectivity index (χ0) is 28.6. The number of pyridine rings is 2. The molecule has 1 fully saturated rings. The van der Waals surface area contributed by atoms with E-state index in [1.807, 2.05) is 18.2 Å². The summed E-state index contributed by atoms with van der Waals surface area (Å²) in [7, 11) is 1.71. The van der Waals surface area contributed by atoms with Gasteiger partial charge in [0, 0.05) is 42.3 Å². The van der Waals surface area contributed by atoms with Gasteiger partial charge in [-0.25, -0.2) is 4.39 Å². The number of carbonyl (C=O) groups is 2. The Bertz CT molecular complexity index is 1850. The molecule has 0 bridgehead atoms. The summed E-state index contributed by atoms with van der Waals surface area (Å²) in [5, 5.41) is 6.35. The first kappa shape index (κ1) is 28.5. The van der Waals surface area contributed by atoms with E-state index in [0.717, 1.165) is 22.0 Å². The minimum atomic E-state index is -1.15. The number of rotatable bonds is 7. The van der Waals surface area contributed by atoms with E-state index in [1.165, 1.54) is 34.9 Å². The summed E-state index contributed by atoms with van der Waals surface area (Å²) < 4.78 is 20.8. The first-order valence-corrected chi connectivity index (χ1v) is 13.0. The number of benzene rings is 3.